The van der Waals surface area contributed by atoms with Gasteiger partial charge in [0.05, 0.1) is 7.11 Å². The normalized spacial score (nSPS) is 13.3. The molecule has 0 aliphatic heterocycles. The number of hydrogen-bond donors (Lipinski definition) is 0. The summed E-state index contributed by atoms with van der Waals surface area (Å²) in [7, 11) is 4.44. The number of methoxy groups -OCH3 is 3. The highest BCUT2D eigenvalue weighted by Crippen LogP contribution is 2.19. The molecule has 1 unspecified atom stereocenters. The van der Waals surface area contributed by atoms with Gasteiger partial charge in [-0.1, -0.05) is 13.8 Å². The summed E-state index contributed by atoms with van der Waals surface area (Å²) in [6.45, 7) is 4.23. The third kappa shape index (κ3) is 5.14. The van der Waals surface area contributed by atoms with Crippen LogP contribution in [-0.4, -0.2) is 33.6 Å². The Bertz CT molecular complexity index is 175. The van der Waals surface area contributed by atoms with E-state index in [9.17, 15) is 4.79 Å². The maximum atomic E-state index is 11.5. The smallest absolute Gasteiger partial charge is 0.313 e. The van der Waals surface area contributed by atoms with Gasteiger partial charge in [0, 0.05) is 14.2 Å². The van der Waals surface area contributed by atoms with Crippen LogP contribution in [-0.2, 0) is 19.0 Å². The standard InChI is InChI=1S/C11H22O4/c1-8(2)6-7-9(10(12)13-3)11(14-4)15-5/h8-9,11H,6-7H2,1-5H3. The van der Waals surface area contributed by atoms with Crippen LogP contribution in [0.4, 0.5) is 0 Å². The second-order valence-corrected chi connectivity index (χ2v) is 3.94. The molecule has 0 spiro atoms. The average molecular weight is 218 g/mol. The van der Waals surface area contributed by atoms with Crippen molar-refractivity contribution in [2.24, 2.45) is 11.8 Å². The molecule has 0 fully saturated rings. The van der Waals surface area contributed by atoms with Crippen molar-refractivity contribution in [3.63, 3.8) is 0 Å². The molecule has 4 nitrogen and oxygen atoms in total. The predicted molar refractivity (Wildman–Crippen MR) is 57.4 cm³/mol. The lowest BCUT2D eigenvalue weighted by atomic mass is 9.97. The second kappa shape index (κ2) is 7.65. The van der Waals surface area contributed by atoms with Crippen LogP contribution in [0.5, 0.6) is 0 Å². The van der Waals surface area contributed by atoms with E-state index in [0.717, 1.165) is 12.8 Å². The quantitative estimate of drug-likeness (QED) is 0.483. The highest BCUT2D eigenvalue weighted by atomic mass is 16.7. The predicted octanol–water partition coefficient (Wildman–Crippen LogP) is 1.83. The van der Waals surface area contributed by atoms with Crippen molar-refractivity contribution in [3.8, 4) is 0 Å². The van der Waals surface area contributed by atoms with Gasteiger partial charge in [0.1, 0.15) is 5.92 Å². The summed E-state index contributed by atoms with van der Waals surface area (Å²) >= 11 is 0. The Morgan fingerprint density at radius 3 is 1.93 bits per heavy atom. The van der Waals surface area contributed by atoms with Crippen molar-refractivity contribution in [2.75, 3.05) is 21.3 Å². The van der Waals surface area contributed by atoms with Gasteiger partial charge < -0.3 is 14.2 Å². The lowest BCUT2D eigenvalue weighted by Gasteiger charge is -2.23. The van der Waals surface area contributed by atoms with Crippen molar-refractivity contribution < 1.29 is 19.0 Å². The molecule has 0 bridgehead atoms. The first-order valence-corrected chi connectivity index (χ1v) is 5.20. The number of ether oxygens (including phenoxy) is 3. The minimum Gasteiger partial charge on any atom is -0.469 e. The van der Waals surface area contributed by atoms with E-state index in [4.69, 9.17) is 14.2 Å². The van der Waals surface area contributed by atoms with Gasteiger partial charge in [0.15, 0.2) is 6.29 Å². The SMILES string of the molecule is COC(=O)C(CCC(C)C)C(OC)OC. The Labute approximate surface area is 91.9 Å². The first-order chi connectivity index (χ1) is 7.06. The van der Waals surface area contributed by atoms with E-state index in [-0.39, 0.29) is 11.9 Å². The van der Waals surface area contributed by atoms with Gasteiger partial charge in [-0.3, -0.25) is 4.79 Å². The third-order valence-corrected chi connectivity index (χ3v) is 2.35. The van der Waals surface area contributed by atoms with Crippen LogP contribution in [0.1, 0.15) is 26.7 Å². The number of esters is 1. The number of hydrogen-bond acceptors (Lipinski definition) is 4. The van der Waals surface area contributed by atoms with Crippen LogP contribution in [0.3, 0.4) is 0 Å². The summed E-state index contributed by atoms with van der Waals surface area (Å²) in [5.74, 6) is -0.0664. The molecule has 0 saturated heterocycles. The zero-order chi connectivity index (χ0) is 11.8. The zero-order valence-electron chi connectivity index (χ0n) is 10.3. The summed E-state index contributed by atoms with van der Waals surface area (Å²) in [5.41, 5.74) is 0. The molecule has 0 aliphatic carbocycles. The minimum atomic E-state index is -0.517. The number of carbonyl (C=O) groups is 1. The Hall–Kier alpha value is -0.610. The fourth-order valence-corrected chi connectivity index (χ4v) is 1.45. The molecule has 0 aromatic heterocycles. The van der Waals surface area contributed by atoms with Crippen molar-refractivity contribution in [3.05, 3.63) is 0 Å². The molecular formula is C11H22O4. The number of rotatable bonds is 7. The number of carbonyl (C=O) groups excluding carboxylic acids is 1. The van der Waals surface area contributed by atoms with Gasteiger partial charge in [-0.2, -0.15) is 0 Å². The summed E-state index contributed by atoms with van der Waals surface area (Å²) < 4.78 is 14.9. The molecule has 90 valence electrons. The van der Waals surface area contributed by atoms with E-state index < -0.39 is 6.29 Å². The Morgan fingerprint density at radius 2 is 1.60 bits per heavy atom. The van der Waals surface area contributed by atoms with Crippen LogP contribution in [0.25, 0.3) is 0 Å². The van der Waals surface area contributed by atoms with Crippen LogP contribution in [0.15, 0.2) is 0 Å². The third-order valence-electron chi connectivity index (χ3n) is 2.35. The van der Waals surface area contributed by atoms with Crippen LogP contribution in [0.2, 0.25) is 0 Å². The monoisotopic (exact) mass is 218 g/mol. The largest absolute Gasteiger partial charge is 0.469 e. The van der Waals surface area contributed by atoms with Gasteiger partial charge in [0.25, 0.3) is 0 Å². The Morgan fingerprint density at radius 1 is 1.07 bits per heavy atom. The lowest BCUT2D eigenvalue weighted by molar-refractivity contribution is -0.175. The molecule has 0 aromatic carbocycles. The molecule has 0 heterocycles. The summed E-state index contributed by atoms with van der Waals surface area (Å²) in [6, 6.07) is 0. The average Bonchev–Trinajstić information content (AvgIpc) is 2.22. The first kappa shape index (κ1) is 14.4. The van der Waals surface area contributed by atoms with E-state index in [2.05, 4.69) is 13.8 Å². The van der Waals surface area contributed by atoms with Crippen molar-refractivity contribution >= 4 is 5.97 Å². The van der Waals surface area contributed by atoms with Gasteiger partial charge in [-0.15, -0.1) is 0 Å². The molecule has 0 aliphatic rings. The van der Waals surface area contributed by atoms with Gasteiger partial charge in [0.2, 0.25) is 0 Å². The molecule has 1 atom stereocenters. The fourth-order valence-electron chi connectivity index (χ4n) is 1.45. The molecule has 0 saturated carbocycles. The molecule has 15 heavy (non-hydrogen) atoms. The highest BCUT2D eigenvalue weighted by Gasteiger charge is 2.29. The molecule has 0 N–H and O–H groups in total. The summed E-state index contributed by atoms with van der Waals surface area (Å²) in [5, 5.41) is 0. The maximum Gasteiger partial charge on any atom is 0.313 e. The van der Waals surface area contributed by atoms with Gasteiger partial charge >= 0.3 is 5.97 Å². The first-order valence-electron chi connectivity index (χ1n) is 5.20. The van der Waals surface area contributed by atoms with E-state index in [1.165, 1.54) is 21.3 Å². The maximum absolute atomic E-state index is 11.5. The fraction of sp³-hybridized carbons (Fsp3) is 0.909. The molecule has 0 radical (unpaired) electrons. The zero-order valence-corrected chi connectivity index (χ0v) is 10.3. The summed E-state index contributed by atoms with van der Waals surface area (Å²) in [4.78, 5) is 11.5. The molecular weight excluding hydrogens is 196 g/mol. The van der Waals surface area contributed by atoms with E-state index in [1.54, 1.807) is 0 Å². The topological polar surface area (TPSA) is 44.8 Å². The van der Waals surface area contributed by atoms with Crippen LogP contribution < -0.4 is 0 Å². The van der Waals surface area contributed by atoms with E-state index in [1.807, 2.05) is 0 Å². The second-order valence-electron chi connectivity index (χ2n) is 3.94. The van der Waals surface area contributed by atoms with Crippen LogP contribution >= 0.6 is 0 Å². The van der Waals surface area contributed by atoms with E-state index in [0.29, 0.717) is 5.92 Å². The summed E-state index contributed by atoms with van der Waals surface area (Å²) in [6.07, 6.45) is 1.15. The highest BCUT2D eigenvalue weighted by molar-refractivity contribution is 5.72. The molecule has 4 heteroatoms. The van der Waals surface area contributed by atoms with Gasteiger partial charge in [-0.05, 0) is 18.8 Å². The van der Waals surface area contributed by atoms with E-state index >= 15 is 0 Å². The van der Waals surface area contributed by atoms with Crippen molar-refractivity contribution in [2.45, 2.75) is 33.0 Å². The Kier molecular flexibility index (Phi) is 7.34. The minimum absolute atomic E-state index is 0.274. The van der Waals surface area contributed by atoms with Crippen molar-refractivity contribution in [1.29, 1.82) is 0 Å². The molecule has 0 amide bonds. The lowest BCUT2D eigenvalue weighted by Crippen LogP contribution is -2.32. The van der Waals surface area contributed by atoms with Crippen LogP contribution in [0, 0.1) is 11.8 Å². The molecule has 0 rings (SSSR count). The van der Waals surface area contributed by atoms with Crippen molar-refractivity contribution in [1.82, 2.24) is 0 Å². The Balaban J connectivity index is 4.35. The molecule has 0 aromatic rings. The van der Waals surface area contributed by atoms with Gasteiger partial charge in [-0.25, -0.2) is 0 Å².